The maximum atomic E-state index is 6.67. The minimum atomic E-state index is 0.876. The number of anilines is 6. The highest BCUT2D eigenvalue weighted by molar-refractivity contribution is 6.31. The Hall–Kier alpha value is -7.04. The van der Waals surface area contributed by atoms with E-state index in [1.54, 1.807) is 0 Å². The van der Waals surface area contributed by atoms with Gasteiger partial charge < -0.3 is 18.6 Å². The number of nitrogens with zero attached hydrogens (tertiary/aromatic N) is 3. The number of furan rings is 1. The molecule has 0 atom stereocenters. The smallest absolute Gasteiger partial charge is 0.137 e. The van der Waals surface area contributed by atoms with Crippen LogP contribution in [-0.4, -0.2) is 4.40 Å². The number of rotatable bonds is 6. The number of benzene rings is 8. The molecule has 0 saturated carbocycles. The summed E-state index contributed by atoms with van der Waals surface area (Å²) in [5.41, 5.74) is 11.8. The van der Waals surface area contributed by atoms with E-state index in [2.05, 4.69) is 202 Å². The number of hydrogen-bond donors (Lipinski definition) is 0. The molecular weight excluding hydrogens is 635 g/mol. The molecule has 0 fully saturated rings. The van der Waals surface area contributed by atoms with Crippen LogP contribution in [0.5, 0.6) is 0 Å². The van der Waals surface area contributed by atoms with Crippen LogP contribution in [0.4, 0.5) is 34.1 Å². The number of aromatic nitrogens is 1. The lowest BCUT2D eigenvalue weighted by Crippen LogP contribution is -2.11. The summed E-state index contributed by atoms with van der Waals surface area (Å²) < 4.78 is 9.17. The second kappa shape index (κ2) is 11.2. The van der Waals surface area contributed by atoms with Gasteiger partial charge >= 0.3 is 0 Å². The Morgan fingerprint density at radius 2 is 0.865 bits per heavy atom. The fraction of sp³-hybridized carbons (Fsp3) is 0. The third-order valence-corrected chi connectivity index (χ3v) is 10.5. The predicted molar refractivity (Wildman–Crippen MR) is 218 cm³/mol. The molecule has 4 nitrogen and oxygen atoms in total. The van der Waals surface area contributed by atoms with Gasteiger partial charge in [-0.3, -0.25) is 0 Å². The van der Waals surface area contributed by atoms with Crippen LogP contribution in [0.2, 0.25) is 0 Å². The molecule has 11 rings (SSSR count). The van der Waals surface area contributed by atoms with Gasteiger partial charge in [0.2, 0.25) is 0 Å². The first-order valence-corrected chi connectivity index (χ1v) is 17.7. The maximum Gasteiger partial charge on any atom is 0.137 e. The first-order valence-electron chi connectivity index (χ1n) is 17.7. The first kappa shape index (κ1) is 28.8. The highest BCUT2D eigenvalue weighted by atomic mass is 16.3. The van der Waals surface area contributed by atoms with Crippen molar-refractivity contribution < 1.29 is 4.42 Å². The summed E-state index contributed by atoms with van der Waals surface area (Å²) in [6, 6.07) is 67.1. The summed E-state index contributed by atoms with van der Waals surface area (Å²) in [6.45, 7) is 0. The lowest BCUT2D eigenvalue weighted by atomic mass is 10.0. The molecule has 8 aromatic carbocycles. The molecule has 0 spiro atoms. The van der Waals surface area contributed by atoms with Crippen molar-refractivity contribution in [3.63, 3.8) is 0 Å². The van der Waals surface area contributed by atoms with E-state index in [4.69, 9.17) is 4.42 Å². The van der Waals surface area contributed by atoms with Gasteiger partial charge in [-0.15, -0.1) is 0 Å². The Labute approximate surface area is 299 Å². The van der Waals surface area contributed by atoms with Crippen molar-refractivity contribution in [3.8, 4) is 0 Å². The third-order valence-electron chi connectivity index (χ3n) is 10.5. The van der Waals surface area contributed by atoms with Crippen molar-refractivity contribution in [3.05, 3.63) is 188 Å². The van der Waals surface area contributed by atoms with E-state index in [1.807, 2.05) is 0 Å². The molecule has 52 heavy (non-hydrogen) atoms. The summed E-state index contributed by atoms with van der Waals surface area (Å²) >= 11 is 0. The quantitative estimate of drug-likeness (QED) is 0.177. The van der Waals surface area contributed by atoms with Gasteiger partial charge in [-0.25, -0.2) is 0 Å². The van der Waals surface area contributed by atoms with Gasteiger partial charge in [0, 0.05) is 50.0 Å². The van der Waals surface area contributed by atoms with Gasteiger partial charge in [-0.05, 0) is 90.3 Å². The van der Waals surface area contributed by atoms with Gasteiger partial charge in [-0.1, -0.05) is 103 Å². The molecule has 0 aliphatic rings. The minimum Gasteiger partial charge on any atom is -0.456 e. The zero-order valence-corrected chi connectivity index (χ0v) is 28.1. The summed E-state index contributed by atoms with van der Waals surface area (Å²) in [5.74, 6) is 0. The largest absolute Gasteiger partial charge is 0.456 e. The molecule has 0 radical (unpaired) electrons. The Morgan fingerprint density at radius 3 is 1.48 bits per heavy atom. The molecule has 0 saturated heterocycles. The summed E-state index contributed by atoms with van der Waals surface area (Å²) in [6.07, 6.45) is 0. The van der Waals surface area contributed by atoms with E-state index >= 15 is 0 Å². The monoisotopic (exact) mass is 665 g/mol. The molecule has 0 unspecified atom stereocenters. The van der Waals surface area contributed by atoms with Gasteiger partial charge in [-0.2, -0.15) is 0 Å². The molecule has 244 valence electrons. The van der Waals surface area contributed by atoms with Crippen molar-refractivity contribution in [2.24, 2.45) is 0 Å². The van der Waals surface area contributed by atoms with E-state index in [9.17, 15) is 0 Å². The van der Waals surface area contributed by atoms with Crippen LogP contribution in [0.25, 0.3) is 60.0 Å². The summed E-state index contributed by atoms with van der Waals surface area (Å²) in [4.78, 5) is 4.72. The predicted octanol–water partition coefficient (Wildman–Crippen LogP) is 13.7. The fourth-order valence-corrected chi connectivity index (χ4v) is 8.34. The van der Waals surface area contributed by atoms with Crippen molar-refractivity contribution in [2.75, 3.05) is 9.80 Å². The number of hydrogen-bond acceptors (Lipinski definition) is 3. The van der Waals surface area contributed by atoms with Gasteiger partial charge in [0.05, 0.1) is 27.6 Å². The van der Waals surface area contributed by atoms with Crippen LogP contribution in [0, 0.1) is 0 Å². The molecule has 0 amide bonds. The van der Waals surface area contributed by atoms with Gasteiger partial charge in [0.15, 0.2) is 0 Å². The van der Waals surface area contributed by atoms with E-state index in [0.29, 0.717) is 0 Å². The number of para-hydroxylation sites is 5. The standard InChI is InChI=1S/C48H31N3O/c1-5-15-32(16-6-1)49(33-17-7-2-8-18-33)36-27-28-41-40(31-36)39-25-13-24-38-37-23-14-26-43-45(37)46-44(52-43)30-29-42(48(46)51(41)47(38)39)50(34-19-9-3-10-20-34)35-21-11-4-12-22-35/h1-31H. The third kappa shape index (κ3) is 4.15. The molecule has 0 aliphatic heterocycles. The molecule has 3 heterocycles. The highest BCUT2D eigenvalue weighted by Crippen LogP contribution is 2.49. The summed E-state index contributed by atoms with van der Waals surface area (Å²) in [5, 5.41) is 7.05. The topological polar surface area (TPSA) is 24.0 Å². The van der Waals surface area contributed by atoms with Crippen LogP contribution < -0.4 is 9.80 Å². The van der Waals surface area contributed by atoms with Crippen LogP contribution in [0.3, 0.4) is 0 Å². The van der Waals surface area contributed by atoms with Gasteiger partial charge in [0.1, 0.15) is 11.2 Å². The Balaban J connectivity index is 1.32. The normalized spacial score (nSPS) is 11.8. The Bertz CT molecular complexity index is 2980. The zero-order valence-electron chi connectivity index (χ0n) is 28.1. The first-order chi connectivity index (χ1) is 25.8. The second-order valence-corrected chi connectivity index (χ2v) is 13.3. The molecule has 0 aliphatic carbocycles. The minimum absolute atomic E-state index is 0.876. The van der Waals surface area contributed by atoms with E-state index in [-0.39, 0.29) is 0 Å². The molecule has 3 aromatic heterocycles. The van der Waals surface area contributed by atoms with E-state index in [0.717, 1.165) is 67.1 Å². The number of fused-ring (bicyclic) bond motifs is 5. The lowest BCUT2D eigenvalue weighted by molar-refractivity contribution is 0.669. The zero-order chi connectivity index (χ0) is 34.2. The molecule has 0 bridgehead atoms. The van der Waals surface area contributed by atoms with Crippen LogP contribution >= 0.6 is 0 Å². The second-order valence-electron chi connectivity index (χ2n) is 13.3. The lowest BCUT2D eigenvalue weighted by Gasteiger charge is -2.27. The fourth-order valence-electron chi connectivity index (χ4n) is 8.34. The van der Waals surface area contributed by atoms with Crippen LogP contribution in [0.1, 0.15) is 0 Å². The molecule has 4 heteroatoms. The van der Waals surface area contributed by atoms with Gasteiger partial charge in [0.25, 0.3) is 0 Å². The van der Waals surface area contributed by atoms with Crippen molar-refractivity contribution in [1.82, 2.24) is 4.40 Å². The van der Waals surface area contributed by atoms with Crippen molar-refractivity contribution >= 4 is 94.2 Å². The Kier molecular flexibility index (Phi) is 6.22. The average molecular weight is 666 g/mol. The summed E-state index contributed by atoms with van der Waals surface area (Å²) in [7, 11) is 0. The maximum absolute atomic E-state index is 6.67. The van der Waals surface area contributed by atoms with Crippen LogP contribution in [0.15, 0.2) is 192 Å². The average Bonchev–Trinajstić information content (AvgIpc) is 3.71. The van der Waals surface area contributed by atoms with E-state index < -0.39 is 0 Å². The highest BCUT2D eigenvalue weighted by Gasteiger charge is 2.26. The van der Waals surface area contributed by atoms with E-state index in [1.165, 1.54) is 27.1 Å². The SMILES string of the molecule is c1ccc(N(c2ccccc2)c2ccc3c(c2)c2cccc4c5cccc6oc7ccc(N(c8ccccc8)c8ccccc8)c(c7c65)n3c42)cc1. The molecule has 11 aromatic rings. The van der Waals surface area contributed by atoms with Crippen molar-refractivity contribution in [1.29, 1.82) is 0 Å². The van der Waals surface area contributed by atoms with Crippen LogP contribution in [-0.2, 0) is 0 Å². The van der Waals surface area contributed by atoms with Crippen molar-refractivity contribution in [2.45, 2.75) is 0 Å². The molecule has 0 N–H and O–H groups in total. The molecular formula is C48H31N3O. The Morgan fingerprint density at radius 1 is 0.346 bits per heavy atom.